The second-order valence-corrected chi connectivity index (χ2v) is 2.64. The second-order valence-electron chi connectivity index (χ2n) is 2.64. The lowest BCUT2D eigenvalue weighted by Crippen LogP contribution is -2.07. The van der Waals surface area contributed by atoms with Crippen molar-refractivity contribution in [2.75, 3.05) is 11.2 Å². The number of nitrogen functional groups attached to an aromatic ring is 1. The van der Waals surface area contributed by atoms with E-state index in [1.165, 1.54) is 0 Å². The minimum absolute atomic E-state index is 0.491. The Balaban J connectivity index is 2.43. The van der Waals surface area contributed by atoms with Gasteiger partial charge in [0, 0.05) is 11.8 Å². The van der Waals surface area contributed by atoms with Crippen LogP contribution >= 0.6 is 0 Å². The van der Waals surface area contributed by atoms with Gasteiger partial charge in [0.15, 0.2) is 0 Å². The Morgan fingerprint density at radius 2 is 2.00 bits per heavy atom. The largest absolute Gasteiger partial charge is 0.399 e. The molecular weight excluding hydrogens is 196 g/mol. The van der Waals surface area contributed by atoms with Gasteiger partial charge in [-0.3, -0.25) is 4.79 Å². The molecule has 15 heavy (non-hydrogen) atoms. The normalized spacial score (nSPS) is 9.87. The van der Waals surface area contributed by atoms with Crippen LogP contribution in [0.1, 0.15) is 0 Å². The van der Waals surface area contributed by atoms with Gasteiger partial charge in [0.25, 0.3) is 0 Å². The van der Waals surface area contributed by atoms with E-state index in [9.17, 15) is 9.59 Å². The maximum absolute atomic E-state index is 10.9. The molecule has 0 unspecified atom stereocenters. The van der Waals surface area contributed by atoms with Gasteiger partial charge in [0.05, 0.1) is 5.69 Å². The van der Waals surface area contributed by atoms with E-state index in [-0.39, 0.29) is 0 Å². The second kappa shape index (κ2) is 5.43. The minimum Gasteiger partial charge on any atom is -0.399 e. The molecule has 0 spiro atoms. The highest BCUT2D eigenvalue weighted by molar-refractivity contribution is 5.86. The lowest BCUT2D eigenvalue weighted by Gasteiger charge is -2.04. The first-order chi connectivity index (χ1) is 7.22. The number of anilines is 2. The Morgan fingerprint density at radius 1 is 1.33 bits per heavy atom. The third-order valence-electron chi connectivity index (χ3n) is 1.49. The van der Waals surface area contributed by atoms with Crippen molar-refractivity contribution in [1.82, 2.24) is 0 Å². The van der Waals surface area contributed by atoms with Crippen molar-refractivity contribution in [3.8, 4) is 0 Å². The van der Waals surface area contributed by atoms with E-state index >= 15 is 0 Å². The number of rotatable bonds is 4. The highest BCUT2D eigenvalue weighted by atomic mass is 16.7. The first-order valence-corrected chi connectivity index (χ1v) is 4.16. The van der Waals surface area contributed by atoms with E-state index in [0.717, 1.165) is 12.2 Å². The topological polar surface area (TPSA) is 81.4 Å². The third-order valence-corrected chi connectivity index (χ3v) is 1.49. The summed E-state index contributed by atoms with van der Waals surface area (Å²) in [6.45, 7) is 0. The molecule has 0 atom stereocenters. The average Bonchev–Trinajstić information content (AvgIpc) is 2.25. The van der Waals surface area contributed by atoms with Crippen molar-refractivity contribution >= 4 is 23.6 Å². The molecule has 0 radical (unpaired) electrons. The Kier molecular flexibility index (Phi) is 3.91. The van der Waals surface area contributed by atoms with Crippen LogP contribution in [0.4, 0.5) is 11.4 Å². The number of hydrogen-bond donors (Lipinski definition) is 2. The van der Waals surface area contributed by atoms with Crippen LogP contribution in [-0.4, -0.2) is 12.3 Å². The van der Waals surface area contributed by atoms with E-state index < -0.39 is 5.97 Å². The number of hydrogen-bond acceptors (Lipinski definition) is 5. The quantitative estimate of drug-likeness (QED) is 0.331. The number of carbonyl (C=O) groups is 2. The molecule has 0 bridgehead atoms. The zero-order valence-electron chi connectivity index (χ0n) is 7.84. The van der Waals surface area contributed by atoms with Crippen molar-refractivity contribution in [3.05, 3.63) is 36.4 Å². The molecule has 3 N–H and O–H groups in total. The molecule has 0 amide bonds. The summed E-state index contributed by atoms with van der Waals surface area (Å²) in [5.41, 5.74) is 9.08. The highest BCUT2D eigenvalue weighted by Gasteiger charge is 1.96. The minimum atomic E-state index is -0.654. The van der Waals surface area contributed by atoms with Gasteiger partial charge in [0.1, 0.15) is 6.29 Å². The lowest BCUT2D eigenvalue weighted by atomic mass is 10.3. The van der Waals surface area contributed by atoms with Crippen LogP contribution in [0.15, 0.2) is 36.4 Å². The average molecular weight is 206 g/mol. The van der Waals surface area contributed by atoms with Crippen LogP contribution in [0.2, 0.25) is 0 Å². The molecule has 0 saturated heterocycles. The predicted molar refractivity (Wildman–Crippen MR) is 55.8 cm³/mol. The zero-order valence-corrected chi connectivity index (χ0v) is 7.84. The molecule has 0 saturated carbocycles. The van der Waals surface area contributed by atoms with E-state index in [1.54, 1.807) is 24.3 Å². The summed E-state index contributed by atoms with van der Waals surface area (Å²) in [5.74, 6) is -0.654. The molecule has 1 aromatic carbocycles. The SMILES string of the molecule is Nc1ccc(NOC(=O)C=CC=O)cc1. The molecule has 0 aromatic heterocycles. The van der Waals surface area contributed by atoms with Crippen molar-refractivity contribution in [2.45, 2.75) is 0 Å². The molecule has 5 heteroatoms. The van der Waals surface area contributed by atoms with Crippen molar-refractivity contribution < 1.29 is 14.4 Å². The lowest BCUT2D eigenvalue weighted by molar-refractivity contribution is -0.135. The summed E-state index contributed by atoms with van der Waals surface area (Å²) in [4.78, 5) is 25.4. The molecule has 0 aliphatic heterocycles. The Labute approximate surface area is 86.5 Å². The first-order valence-electron chi connectivity index (χ1n) is 4.16. The molecule has 0 heterocycles. The molecule has 0 aliphatic carbocycles. The first kappa shape index (κ1) is 10.8. The summed E-state index contributed by atoms with van der Waals surface area (Å²) < 4.78 is 0. The molecule has 0 aliphatic rings. The number of aldehydes is 1. The van der Waals surface area contributed by atoms with Gasteiger partial charge in [-0.05, 0) is 30.3 Å². The standard InChI is InChI=1S/C10H10N2O3/c11-8-3-5-9(6-4-8)12-15-10(14)2-1-7-13/h1-7,12H,11H2. The van der Waals surface area contributed by atoms with Gasteiger partial charge in [-0.1, -0.05) is 0 Å². The Bertz CT molecular complexity index is 371. The predicted octanol–water partition coefficient (Wildman–Crippen LogP) is 0.894. The van der Waals surface area contributed by atoms with Gasteiger partial charge < -0.3 is 10.6 Å². The number of carbonyl (C=O) groups excluding carboxylic acids is 2. The summed E-state index contributed by atoms with van der Waals surface area (Å²) in [5, 5.41) is 0. The van der Waals surface area contributed by atoms with Crippen LogP contribution in [0.25, 0.3) is 0 Å². The summed E-state index contributed by atoms with van der Waals surface area (Å²) in [6.07, 6.45) is 2.55. The monoisotopic (exact) mass is 206 g/mol. The van der Waals surface area contributed by atoms with Crippen molar-refractivity contribution in [1.29, 1.82) is 0 Å². The van der Waals surface area contributed by atoms with Crippen LogP contribution in [-0.2, 0) is 14.4 Å². The Hall–Kier alpha value is -2.30. The van der Waals surface area contributed by atoms with Crippen LogP contribution in [0.3, 0.4) is 0 Å². The van der Waals surface area contributed by atoms with E-state index in [2.05, 4.69) is 10.3 Å². The summed E-state index contributed by atoms with van der Waals surface area (Å²) in [7, 11) is 0. The number of nitrogens with one attached hydrogen (secondary N) is 1. The van der Waals surface area contributed by atoms with Gasteiger partial charge >= 0.3 is 5.97 Å². The number of nitrogens with two attached hydrogens (primary N) is 1. The number of benzene rings is 1. The molecular formula is C10H10N2O3. The fourth-order valence-electron chi connectivity index (χ4n) is 0.812. The fraction of sp³-hybridized carbons (Fsp3) is 0. The van der Waals surface area contributed by atoms with E-state index in [4.69, 9.17) is 5.73 Å². The van der Waals surface area contributed by atoms with E-state index in [0.29, 0.717) is 17.7 Å². The smallest absolute Gasteiger partial charge is 0.355 e. The van der Waals surface area contributed by atoms with Crippen LogP contribution in [0.5, 0.6) is 0 Å². The third kappa shape index (κ3) is 3.95. The highest BCUT2D eigenvalue weighted by Crippen LogP contribution is 2.10. The van der Waals surface area contributed by atoms with Crippen LogP contribution < -0.4 is 11.2 Å². The van der Waals surface area contributed by atoms with Gasteiger partial charge in [-0.25, -0.2) is 10.3 Å². The van der Waals surface area contributed by atoms with Gasteiger partial charge in [0.2, 0.25) is 0 Å². The summed E-state index contributed by atoms with van der Waals surface area (Å²) in [6, 6.07) is 6.65. The fourth-order valence-corrected chi connectivity index (χ4v) is 0.812. The maximum atomic E-state index is 10.9. The van der Waals surface area contributed by atoms with Crippen molar-refractivity contribution in [3.63, 3.8) is 0 Å². The molecule has 1 aromatic rings. The Morgan fingerprint density at radius 3 is 2.60 bits per heavy atom. The maximum Gasteiger partial charge on any atom is 0.355 e. The van der Waals surface area contributed by atoms with Gasteiger partial charge in [-0.2, -0.15) is 0 Å². The van der Waals surface area contributed by atoms with E-state index in [1.807, 2.05) is 0 Å². The molecule has 5 nitrogen and oxygen atoms in total. The van der Waals surface area contributed by atoms with Gasteiger partial charge in [-0.15, -0.1) is 0 Å². The number of allylic oxidation sites excluding steroid dienone is 1. The summed E-state index contributed by atoms with van der Waals surface area (Å²) >= 11 is 0. The van der Waals surface area contributed by atoms with Crippen molar-refractivity contribution in [2.24, 2.45) is 0 Å². The van der Waals surface area contributed by atoms with Crippen LogP contribution in [0, 0.1) is 0 Å². The zero-order chi connectivity index (χ0) is 11.1. The molecule has 0 fully saturated rings. The molecule has 1 rings (SSSR count). The molecule has 78 valence electrons.